The van der Waals surface area contributed by atoms with E-state index < -0.39 is 0 Å². The third-order valence-corrected chi connectivity index (χ3v) is 1.22. The molecule has 0 aliphatic rings. The number of hydrogen-bond acceptors (Lipinski definition) is 3. The highest BCUT2D eigenvalue weighted by Gasteiger charge is 1.87. The van der Waals surface area contributed by atoms with Crippen molar-refractivity contribution in [1.29, 1.82) is 5.41 Å². The van der Waals surface area contributed by atoms with Gasteiger partial charge in [0.1, 0.15) is 0 Å². The Labute approximate surface area is 59.3 Å². The summed E-state index contributed by atoms with van der Waals surface area (Å²) in [6.07, 6.45) is 1.28. The molecule has 0 aliphatic carbocycles. The normalized spacial score (nSPS) is 8.90. The van der Waals surface area contributed by atoms with Crippen LogP contribution in [-0.2, 0) is 0 Å². The van der Waals surface area contributed by atoms with Crippen molar-refractivity contribution >= 4 is 11.9 Å². The molecule has 0 radical (unpaired) electrons. The summed E-state index contributed by atoms with van der Waals surface area (Å²) in [5.41, 5.74) is 4.16. The number of rotatable bonds is 2. The fraction of sp³-hybridized carbons (Fsp3) is 0. The van der Waals surface area contributed by atoms with Gasteiger partial charge in [-0.1, -0.05) is 12.1 Å². The van der Waals surface area contributed by atoms with Crippen LogP contribution in [0.2, 0.25) is 0 Å². The van der Waals surface area contributed by atoms with Crippen molar-refractivity contribution in [3.8, 4) is 0 Å². The third kappa shape index (κ3) is 1.33. The van der Waals surface area contributed by atoms with Crippen LogP contribution in [0.15, 0.2) is 24.3 Å². The molecule has 0 heterocycles. The largest absolute Gasteiger partial charge is 0.324 e. The van der Waals surface area contributed by atoms with Crippen molar-refractivity contribution in [3.63, 3.8) is 0 Å². The van der Waals surface area contributed by atoms with Crippen LogP contribution in [0.1, 0.15) is 5.56 Å². The lowest BCUT2D eigenvalue weighted by Crippen LogP contribution is -2.06. The van der Waals surface area contributed by atoms with E-state index in [9.17, 15) is 0 Å². The standard InChI is InChI=1S/C7H9N3/c8-5-6-2-1-3-7(4-6)10-9/h1-5,8,10H,9H2. The molecular weight excluding hydrogens is 126 g/mol. The highest BCUT2D eigenvalue weighted by molar-refractivity contribution is 5.78. The molecule has 1 aromatic rings. The van der Waals surface area contributed by atoms with Gasteiger partial charge in [0.15, 0.2) is 0 Å². The quantitative estimate of drug-likeness (QED) is 0.321. The zero-order valence-corrected chi connectivity index (χ0v) is 5.46. The van der Waals surface area contributed by atoms with E-state index in [1.165, 1.54) is 6.21 Å². The predicted molar refractivity (Wildman–Crippen MR) is 42.1 cm³/mol. The summed E-state index contributed by atoms with van der Waals surface area (Å²) in [5, 5.41) is 6.92. The number of hydrogen-bond donors (Lipinski definition) is 3. The summed E-state index contributed by atoms with van der Waals surface area (Å²) < 4.78 is 0. The number of hydrazine groups is 1. The minimum absolute atomic E-state index is 0.820. The van der Waals surface area contributed by atoms with E-state index in [1.54, 1.807) is 6.07 Å². The Morgan fingerprint density at radius 1 is 1.50 bits per heavy atom. The summed E-state index contributed by atoms with van der Waals surface area (Å²) in [7, 11) is 0. The molecule has 10 heavy (non-hydrogen) atoms. The molecule has 0 aromatic heterocycles. The van der Waals surface area contributed by atoms with E-state index in [-0.39, 0.29) is 0 Å². The Morgan fingerprint density at radius 3 is 2.90 bits per heavy atom. The second kappa shape index (κ2) is 2.98. The van der Waals surface area contributed by atoms with Crippen molar-refractivity contribution in [2.45, 2.75) is 0 Å². The molecule has 0 saturated heterocycles. The SMILES string of the molecule is N=Cc1cccc(NN)c1. The van der Waals surface area contributed by atoms with Crippen LogP contribution in [-0.4, -0.2) is 6.21 Å². The van der Waals surface area contributed by atoms with Crippen LogP contribution in [0.5, 0.6) is 0 Å². The van der Waals surface area contributed by atoms with Gasteiger partial charge in [-0.15, -0.1) is 0 Å². The van der Waals surface area contributed by atoms with Crippen molar-refractivity contribution in [2.24, 2.45) is 5.84 Å². The fourth-order valence-electron chi connectivity index (χ4n) is 0.718. The van der Waals surface area contributed by atoms with Crippen LogP contribution < -0.4 is 11.3 Å². The molecule has 4 N–H and O–H groups in total. The zero-order chi connectivity index (χ0) is 7.40. The summed E-state index contributed by atoms with van der Waals surface area (Å²) in [6.45, 7) is 0. The van der Waals surface area contributed by atoms with Gasteiger partial charge in [-0.2, -0.15) is 0 Å². The smallest absolute Gasteiger partial charge is 0.0491 e. The third-order valence-electron chi connectivity index (χ3n) is 1.22. The lowest BCUT2D eigenvalue weighted by molar-refractivity contribution is 1.35. The van der Waals surface area contributed by atoms with Crippen LogP contribution in [0.4, 0.5) is 5.69 Å². The van der Waals surface area contributed by atoms with Gasteiger partial charge in [0.2, 0.25) is 0 Å². The molecule has 3 nitrogen and oxygen atoms in total. The molecule has 1 aromatic carbocycles. The van der Waals surface area contributed by atoms with Crippen LogP contribution in [0.3, 0.4) is 0 Å². The molecule has 0 spiro atoms. The van der Waals surface area contributed by atoms with Gasteiger partial charge < -0.3 is 10.8 Å². The molecule has 0 bridgehead atoms. The number of nitrogens with one attached hydrogen (secondary N) is 2. The van der Waals surface area contributed by atoms with Crippen LogP contribution in [0, 0.1) is 5.41 Å². The van der Waals surface area contributed by atoms with Gasteiger partial charge >= 0.3 is 0 Å². The molecule has 0 saturated carbocycles. The highest BCUT2D eigenvalue weighted by atomic mass is 15.2. The topological polar surface area (TPSA) is 61.9 Å². The van der Waals surface area contributed by atoms with Crippen molar-refractivity contribution in [3.05, 3.63) is 29.8 Å². The molecular formula is C7H9N3. The monoisotopic (exact) mass is 135 g/mol. The van der Waals surface area contributed by atoms with Crippen LogP contribution >= 0.6 is 0 Å². The maximum absolute atomic E-state index is 6.92. The Bertz CT molecular complexity index is 232. The molecule has 0 amide bonds. The Kier molecular flexibility index (Phi) is 2.02. The van der Waals surface area contributed by atoms with E-state index in [0.717, 1.165) is 11.3 Å². The van der Waals surface area contributed by atoms with Gasteiger partial charge in [0.25, 0.3) is 0 Å². The maximum atomic E-state index is 6.92. The molecule has 1 rings (SSSR count). The summed E-state index contributed by atoms with van der Waals surface area (Å²) in [4.78, 5) is 0. The molecule has 0 fully saturated rings. The zero-order valence-electron chi connectivity index (χ0n) is 5.46. The maximum Gasteiger partial charge on any atom is 0.0491 e. The lowest BCUT2D eigenvalue weighted by Gasteiger charge is -1.98. The number of benzene rings is 1. The van der Waals surface area contributed by atoms with Gasteiger partial charge in [-0.05, 0) is 17.7 Å². The second-order valence-electron chi connectivity index (χ2n) is 1.91. The van der Waals surface area contributed by atoms with Gasteiger partial charge in [0, 0.05) is 11.9 Å². The van der Waals surface area contributed by atoms with Gasteiger partial charge in [0.05, 0.1) is 0 Å². The molecule has 0 unspecified atom stereocenters. The first kappa shape index (κ1) is 6.77. The molecule has 52 valence electrons. The highest BCUT2D eigenvalue weighted by Crippen LogP contribution is 2.06. The van der Waals surface area contributed by atoms with E-state index in [1.807, 2.05) is 18.2 Å². The predicted octanol–water partition coefficient (Wildman–Crippen LogP) is 0.970. The summed E-state index contributed by atoms with van der Waals surface area (Å²) in [5.74, 6) is 5.15. The van der Waals surface area contributed by atoms with Gasteiger partial charge in [-0.25, -0.2) is 0 Å². The van der Waals surface area contributed by atoms with E-state index in [4.69, 9.17) is 11.3 Å². The lowest BCUT2D eigenvalue weighted by atomic mass is 10.2. The Hall–Kier alpha value is -1.35. The first-order valence-electron chi connectivity index (χ1n) is 2.94. The fourth-order valence-corrected chi connectivity index (χ4v) is 0.718. The molecule has 3 heteroatoms. The first-order chi connectivity index (χ1) is 4.86. The van der Waals surface area contributed by atoms with E-state index in [0.29, 0.717) is 0 Å². The Balaban J connectivity index is 2.98. The van der Waals surface area contributed by atoms with E-state index >= 15 is 0 Å². The summed E-state index contributed by atoms with van der Waals surface area (Å²) >= 11 is 0. The van der Waals surface area contributed by atoms with E-state index in [2.05, 4.69) is 5.43 Å². The summed E-state index contributed by atoms with van der Waals surface area (Å²) in [6, 6.07) is 7.32. The average molecular weight is 135 g/mol. The number of anilines is 1. The number of nitrogens with two attached hydrogens (primary N) is 1. The van der Waals surface area contributed by atoms with Gasteiger partial charge in [-0.3, -0.25) is 5.84 Å². The average Bonchev–Trinajstić information content (AvgIpc) is 2.05. The minimum atomic E-state index is 0.820. The molecule has 0 aliphatic heterocycles. The molecule has 0 atom stereocenters. The van der Waals surface area contributed by atoms with Crippen molar-refractivity contribution in [1.82, 2.24) is 0 Å². The van der Waals surface area contributed by atoms with Crippen LogP contribution in [0.25, 0.3) is 0 Å². The first-order valence-corrected chi connectivity index (χ1v) is 2.94. The Morgan fingerprint density at radius 2 is 2.30 bits per heavy atom. The minimum Gasteiger partial charge on any atom is -0.324 e. The number of nitrogen functional groups attached to an aromatic ring is 1. The second-order valence-corrected chi connectivity index (χ2v) is 1.91. The van der Waals surface area contributed by atoms with Crippen molar-refractivity contribution < 1.29 is 0 Å². The van der Waals surface area contributed by atoms with Crippen molar-refractivity contribution in [2.75, 3.05) is 5.43 Å².